The van der Waals surface area contributed by atoms with Crippen LogP contribution in [0.5, 0.6) is 0 Å². The molecular formula is C8H16N4O2S. The second kappa shape index (κ2) is 4.73. The molecule has 1 aromatic heterocycles. The summed E-state index contributed by atoms with van der Waals surface area (Å²) in [5.41, 5.74) is 0.630. The van der Waals surface area contributed by atoms with E-state index in [-0.39, 0.29) is 11.1 Å². The van der Waals surface area contributed by atoms with Gasteiger partial charge in [-0.1, -0.05) is 0 Å². The molecule has 0 unspecified atom stereocenters. The van der Waals surface area contributed by atoms with E-state index < -0.39 is 10.0 Å². The first-order chi connectivity index (χ1) is 6.97. The van der Waals surface area contributed by atoms with Gasteiger partial charge >= 0.3 is 0 Å². The van der Waals surface area contributed by atoms with Crippen molar-refractivity contribution in [1.82, 2.24) is 20.2 Å². The molecule has 1 aromatic rings. The predicted molar refractivity (Wildman–Crippen MR) is 56.8 cm³/mol. The smallest absolute Gasteiger partial charge is 0.258 e. The zero-order valence-electron chi connectivity index (χ0n) is 9.03. The number of hydrogen-bond donors (Lipinski definition) is 3. The zero-order valence-corrected chi connectivity index (χ0v) is 9.85. The molecule has 0 aromatic carbocycles. The van der Waals surface area contributed by atoms with E-state index in [1.807, 2.05) is 0 Å². The Morgan fingerprint density at radius 2 is 2.20 bits per heavy atom. The third-order valence-corrected chi connectivity index (χ3v) is 3.38. The van der Waals surface area contributed by atoms with Crippen LogP contribution < -0.4 is 10.0 Å². The van der Waals surface area contributed by atoms with Crippen LogP contribution in [-0.2, 0) is 16.6 Å². The number of rotatable bonds is 5. The highest BCUT2D eigenvalue weighted by molar-refractivity contribution is 7.89. The molecule has 3 N–H and O–H groups in total. The van der Waals surface area contributed by atoms with Crippen LogP contribution in [0.1, 0.15) is 19.4 Å². The van der Waals surface area contributed by atoms with E-state index in [2.05, 4.69) is 20.2 Å². The minimum Gasteiger partial charge on any atom is -0.316 e. The fourth-order valence-electron chi connectivity index (χ4n) is 1.22. The molecule has 0 saturated heterocycles. The molecule has 1 rings (SSSR count). The molecule has 0 fully saturated rings. The Hall–Kier alpha value is -0.920. The van der Waals surface area contributed by atoms with Crippen LogP contribution in [-0.4, -0.2) is 31.7 Å². The van der Waals surface area contributed by atoms with Crippen LogP contribution in [0.25, 0.3) is 0 Å². The number of H-pyrrole nitrogens is 1. The molecule has 15 heavy (non-hydrogen) atoms. The number of aromatic amines is 1. The van der Waals surface area contributed by atoms with Crippen LogP contribution in [0, 0.1) is 0 Å². The van der Waals surface area contributed by atoms with Gasteiger partial charge in [0.1, 0.15) is 0 Å². The van der Waals surface area contributed by atoms with Crippen molar-refractivity contribution in [2.24, 2.45) is 0 Å². The summed E-state index contributed by atoms with van der Waals surface area (Å²) >= 11 is 0. The van der Waals surface area contributed by atoms with Gasteiger partial charge in [-0.05, 0) is 20.9 Å². The quantitative estimate of drug-likeness (QED) is 0.657. The summed E-state index contributed by atoms with van der Waals surface area (Å²) in [5, 5.41) is 9.24. The Balaban J connectivity index is 2.99. The van der Waals surface area contributed by atoms with Crippen molar-refractivity contribution in [3.63, 3.8) is 0 Å². The van der Waals surface area contributed by atoms with E-state index in [0.29, 0.717) is 12.1 Å². The second-order valence-electron chi connectivity index (χ2n) is 3.53. The molecule has 0 atom stereocenters. The highest BCUT2D eigenvalue weighted by Gasteiger charge is 2.20. The van der Waals surface area contributed by atoms with Crippen molar-refractivity contribution in [2.45, 2.75) is 31.5 Å². The molecule has 0 amide bonds. The first kappa shape index (κ1) is 12.2. The largest absolute Gasteiger partial charge is 0.316 e. The average Bonchev–Trinajstić information content (AvgIpc) is 2.51. The predicted octanol–water partition coefficient (Wildman–Crippen LogP) is -0.184. The van der Waals surface area contributed by atoms with Gasteiger partial charge < -0.3 is 5.32 Å². The molecular weight excluding hydrogens is 216 g/mol. The molecule has 0 spiro atoms. The van der Waals surface area contributed by atoms with E-state index >= 15 is 0 Å². The Kier molecular flexibility index (Phi) is 3.83. The van der Waals surface area contributed by atoms with Crippen LogP contribution in [0.3, 0.4) is 0 Å². The maximum Gasteiger partial charge on any atom is 0.258 e. The lowest BCUT2D eigenvalue weighted by molar-refractivity contribution is 0.563. The van der Waals surface area contributed by atoms with Gasteiger partial charge in [0, 0.05) is 18.2 Å². The normalized spacial score (nSPS) is 12.3. The van der Waals surface area contributed by atoms with Gasteiger partial charge in [-0.3, -0.25) is 5.10 Å². The van der Waals surface area contributed by atoms with Gasteiger partial charge in [0.2, 0.25) is 0 Å². The fourth-order valence-corrected chi connectivity index (χ4v) is 2.60. The Morgan fingerprint density at radius 1 is 1.53 bits per heavy atom. The third kappa shape index (κ3) is 3.01. The molecule has 6 nitrogen and oxygen atoms in total. The van der Waals surface area contributed by atoms with Crippen molar-refractivity contribution >= 4 is 10.0 Å². The molecule has 0 aliphatic carbocycles. The van der Waals surface area contributed by atoms with Crippen molar-refractivity contribution in [3.05, 3.63) is 11.8 Å². The summed E-state index contributed by atoms with van der Waals surface area (Å²) in [6.07, 6.45) is 1.51. The number of nitrogens with zero attached hydrogens (tertiary/aromatic N) is 1. The summed E-state index contributed by atoms with van der Waals surface area (Å²) in [7, 11) is -1.73. The highest BCUT2D eigenvalue weighted by Crippen LogP contribution is 2.11. The number of nitrogens with one attached hydrogen (secondary N) is 3. The molecule has 0 saturated carbocycles. The highest BCUT2D eigenvalue weighted by atomic mass is 32.2. The lowest BCUT2D eigenvalue weighted by Gasteiger charge is -2.09. The monoisotopic (exact) mass is 232 g/mol. The minimum absolute atomic E-state index is 0.130. The first-order valence-corrected chi connectivity index (χ1v) is 6.15. The summed E-state index contributed by atoms with van der Waals surface area (Å²) in [4.78, 5) is 0. The number of aromatic nitrogens is 2. The third-order valence-electron chi connectivity index (χ3n) is 1.70. The molecule has 0 aliphatic heterocycles. The van der Waals surface area contributed by atoms with Gasteiger partial charge in [-0.2, -0.15) is 5.10 Å². The van der Waals surface area contributed by atoms with Crippen LogP contribution in [0.15, 0.2) is 11.2 Å². The van der Waals surface area contributed by atoms with E-state index in [9.17, 15) is 8.42 Å². The van der Waals surface area contributed by atoms with Crippen LogP contribution in [0.4, 0.5) is 0 Å². The molecule has 7 heteroatoms. The van der Waals surface area contributed by atoms with Crippen molar-refractivity contribution in [3.8, 4) is 0 Å². The van der Waals surface area contributed by atoms with E-state index in [4.69, 9.17) is 0 Å². The van der Waals surface area contributed by atoms with Crippen molar-refractivity contribution in [1.29, 1.82) is 0 Å². The molecule has 0 aliphatic rings. The standard InChI is InChI=1S/C8H16N4O2S/c1-6(2)12-15(13,14)8-7(4-9-3)5-10-11-8/h5-6,9,12H,4H2,1-3H3,(H,10,11). The van der Waals surface area contributed by atoms with Gasteiger partial charge in [0.15, 0.2) is 5.03 Å². The molecule has 0 radical (unpaired) electrons. The number of sulfonamides is 1. The zero-order chi connectivity index (χ0) is 11.5. The summed E-state index contributed by atoms with van der Waals surface area (Å²) in [5.74, 6) is 0. The van der Waals surface area contributed by atoms with E-state index in [1.165, 1.54) is 6.20 Å². The first-order valence-electron chi connectivity index (χ1n) is 4.66. The fraction of sp³-hybridized carbons (Fsp3) is 0.625. The Morgan fingerprint density at radius 3 is 2.73 bits per heavy atom. The maximum atomic E-state index is 11.8. The Bertz CT molecular complexity index is 410. The van der Waals surface area contributed by atoms with Gasteiger partial charge in [-0.15, -0.1) is 0 Å². The number of hydrogen-bond acceptors (Lipinski definition) is 4. The maximum absolute atomic E-state index is 11.8. The SMILES string of the molecule is CNCc1cn[nH]c1S(=O)(=O)NC(C)C. The lowest BCUT2D eigenvalue weighted by Crippen LogP contribution is -2.31. The summed E-state index contributed by atoms with van der Waals surface area (Å²) in [6, 6.07) is -0.138. The van der Waals surface area contributed by atoms with E-state index in [1.54, 1.807) is 20.9 Å². The van der Waals surface area contributed by atoms with Crippen molar-refractivity contribution in [2.75, 3.05) is 7.05 Å². The van der Waals surface area contributed by atoms with Crippen molar-refractivity contribution < 1.29 is 8.42 Å². The minimum atomic E-state index is -3.48. The van der Waals surface area contributed by atoms with Gasteiger partial charge in [0.25, 0.3) is 10.0 Å². The molecule has 1 heterocycles. The van der Waals surface area contributed by atoms with Crippen LogP contribution >= 0.6 is 0 Å². The van der Waals surface area contributed by atoms with E-state index in [0.717, 1.165) is 0 Å². The van der Waals surface area contributed by atoms with Gasteiger partial charge in [0.05, 0.1) is 6.20 Å². The summed E-state index contributed by atoms with van der Waals surface area (Å²) < 4.78 is 26.1. The topological polar surface area (TPSA) is 86.9 Å². The Labute approximate surface area is 89.5 Å². The summed E-state index contributed by atoms with van der Waals surface area (Å²) in [6.45, 7) is 4.00. The molecule has 86 valence electrons. The molecule has 0 bridgehead atoms. The van der Waals surface area contributed by atoms with Crippen LogP contribution in [0.2, 0.25) is 0 Å². The lowest BCUT2D eigenvalue weighted by atomic mass is 10.4. The average molecular weight is 232 g/mol. The second-order valence-corrected chi connectivity index (χ2v) is 5.18. The van der Waals surface area contributed by atoms with Gasteiger partial charge in [-0.25, -0.2) is 13.1 Å².